The first kappa shape index (κ1) is 34.3. The van der Waals surface area contributed by atoms with Gasteiger partial charge in [0.05, 0.1) is 48.6 Å². The second-order valence-electron chi connectivity index (χ2n) is 13.1. The highest BCUT2D eigenvalue weighted by atomic mass is 32.2. The monoisotopic (exact) mass is 768 g/mol. The number of amides is 2. The van der Waals surface area contributed by atoms with E-state index in [1.165, 1.54) is 29.2 Å². The first-order valence-corrected chi connectivity index (χ1v) is 18.8. The SMILES string of the molecule is O=C1[C@H]2Cc3c([nH]c4ccccc34)[C@@H](c3ccc4c(c3)OCO4)N2C(=O)CN1Cc1cn(CCOCCOc2no[n+]([O-])c2S(=O)(=O)c2ccccc2)nn1. The highest BCUT2D eigenvalue weighted by Gasteiger charge is 2.48. The summed E-state index contributed by atoms with van der Waals surface area (Å²) >= 11 is 0. The second-order valence-corrected chi connectivity index (χ2v) is 14.9. The van der Waals surface area contributed by atoms with Gasteiger partial charge in [0.2, 0.25) is 18.6 Å². The van der Waals surface area contributed by atoms with Crippen LogP contribution in [0.3, 0.4) is 0 Å². The Labute approximate surface area is 312 Å². The number of piperazine rings is 1. The molecule has 3 aliphatic heterocycles. The molecule has 55 heavy (non-hydrogen) atoms. The maximum Gasteiger partial charge on any atom is 0.415 e. The zero-order chi connectivity index (χ0) is 37.7. The lowest BCUT2D eigenvalue weighted by atomic mass is 9.86. The Balaban J connectivity index is 0.833. The molecule has 9 rings (SSSR count). The second kappa shape index (κ2) is 13.7. The lowest BCUT2D eigenvalue weighted by Crippen LogP contribution is -2.62. The number of benzene rings is 3. The molecule has 0 aliphatic carbocycles. The number of aromatic nitrogens is 6. The van der Waals surface area contributed by atoms with Crippen molar-refractivity contribution in [2.24, 2.45) is 0 Å². The molecular weight excluding hydrogens is 737 g/mol. The van der Waals surface area contributed by atoms with Crippen LogP contribution < -0.4 is 19.1 Å². The highest BCUT2D eigenvalue weighted by molar-refractivity contribution is 7.91. The Morgan fingerprint density at radius 1 is 0.982 bits per heavy atom. The molecule has 6 aromatic rings. The van der Waals surface area contributed by atoms with Gasteiger partial charge in [-0.1, -0.05) is 47.7 Å². The molecule has 2 amide bonds. The van der Waals surface area contributed by atoms with E-state index in [1.807, 2.05) is 42.5 Å². The summed E-state index contributed by atoms with van der Waals surface area (Å²) in [7, 11) is -4.24. The van der Waals surface area contributed by atoms with E-state index in [9.17, 15) is 23.2 Å². The average Bonchev–Trinajstić information content (AvgIpc) is 4.01. The number of nitrogens with zero attached hydrogens (tertiary/aromatic N) is 7. The molecule has 1 N–H and O–H groups in total. The maximum absolute atomic E-state index is 14.2. The maximum atomic E-state index is 14.2. The van der Waals surface area contributed by atoms with Crippen LogP contribution in [0.15, 0.2) is 93.5 Å². The molecule has 19 heteroatoms. The fourth-order valence-corrected chi connectivity index (χ4v) is 8.60. The van der Waals surface area contributed by atoms with Crippen molar-refractivity contribution in [3.63, 3.8) is 0 Å². The molecule has 2 atom stereocenters. The van der Waals surface area contributed by atoms with Crippen LogP contribution in [0.25, 0.3) is 10.9 Å². The Morgan fingerprint density at radius 2 is 1.80 bits per heavy atom. The molecule has 1 saturated heterocycles. The van der Waals surface area contributed by atoms with E-state index in [1.54, 1.807) is 21.8 Å². The molecule has 0 spiro atoms. The van der Waals surface area contributed by atoms with E-state index in [-0.39, 0.29) is 61.3 Å². The van der Waals surface area contributed by atoms with E-state index < -0.39 is 32.8 Å². The van der Waals surface area contributed by atoms with Crippen molar-refractivity contribution in [1.29, 1.82) is 0 Å². The normalized spacial score (nSPS) is 17.8. The summed E-state index contributed by atoms with van der Waals surface area (Å²) in [6.07, 6.45) is 2.04. The largest absolute Gasteiger partial charge is 0.454 e. The Kier molecular flexibility index (Phi) is 8.57. The molecule has 282 valence electrons. The summed E-state index contributed by atoms with van der Waals surface area (Å²) in [5, 5.41) is 24.1. The smallest absolute Gasteiger partial charge is 0.415 e. The van der Waals surface area contributed by atoms with Crippen molar-refractivity contribution in [2.45, 2.75) is 41.5 Å². The quantitative estimate of drug-likeness (QED) is 0.140. The fourth-order valence-electron chi connectivity index (χ4n) is 7.30. The minimum atomic E-state index is -4.24. The molecule has 18 nitrogen and oxygen atoms in total. The molecular formula is C36H32N8O10S. The standard InChI is InChI=1S/C36H32N8O10S/c45-31-20-41(18-23-19-42(40-38-23)12-13-50-14-15-51-34-36(44(47)54-39-34)55(48,49)24-6-2-1-3-7-24)35(46)28-17-26-25-8-4-5-9-27(25)37-32(26)33(43(28)31)22-10-11-29-30(16-22)53-21-52-29/h1-11,16,19,28,33,37H,12-15,17-18,20-21H2/t28-,33-/m1/s1. The fraction of sp³-hybridized carbons (Fsp3) is 0.278. The number of hydrogen-bond acceptors (Lipinski definition) is 13. The van der Waals surface area contributed by atoms with Gasteiger partial charge in [-0.05, 0) is 46.4 Å². The van der Waals surface area contributed by atoms with Crippen LogP contribution in [0.4, 0.5) is 0 Å². The number of rotatable bonds is 12. The third-order valence-corrected chi connectivity index (χ3v) is 11.5. The number of carbonyl (C=O) groups is 2. The lowest BCUT2D eigenvalue weighted by Gasteiger charge is -2.47. The van der Waals surface area contributed by atoms with E-state index in [0.717, 1.165) is 27.7 Å². The van der Waals surface area contributed by atoms with Crippen LogP contribution >= 0.6 is 0 Å². The number of ether oxygens (including phenoxy) is 4. The summed E-state index contributed by atoms with van der Waals surface area (Å²) in [5.41, 5.74) is 4.10. The zero-order valence-electron chi connectivity index (χ0n) is 28.9. The van der Waals surface area contributed by atoms with Gasteiger partial charge < -0.3 is 38.9 Å². The highest BCUT2D eigenvalue weighted by Crippen LogP contribution is 2.45. The number of sulfone groups is 1. The Bertz CT molecular complexity index is 2540. The van der Waals surface area contributed by atoms with Gasteiger partial charge in [0.25, 0.3) is 9.84 Å². The molecule has 3 aromatic heterocycles. The van der Waals surface area contributed by atoms with E-state index in [2.05, 4.69) is 25.1 Å². The van der Waals surface area contributed by atoms with Gasteiger partial charge in [0.15, 0.2) is 11.5 Å². The minimum Gasteiger partial charge on any atom is -0.454 e. The van der Waals surface area contributed by atoms with Crippen LogP contribution in [0, 0.1) is 5.21 Å². The lowest BCUT2D eigenvalue weighted by molar-refractivity contribution is -0.832. The number of nitrogens with one attached hydrogen (secondary N) is 1. The van der Waals surface area contributed by atoms with Crippen molar-refractivity contribution in [3.8, 4) is 17.4 Å². The third kappa shape index (κ3) is 6.15. The van der Waals surface area contributed by atoms with Gasteiger partial charge in [0.1, 0.15) is 24.9 Å². The first-order valence-electron chi connectivity index (χ1n) is 17.3. The van der Waals surface area contributed by atoms with Crippen molar-refractivity contribution < 1.29 is 46.5 Å². The van der Waals surface area contributed by atoms with Crippen molar-refractivity contribution in [2.75, 3.05) is 33.2 Å². The van der Waals surface area contributed by atoms with Crippen LogP contribution in [0.5, 0.6) is 17.4 Å². The number of hydrogen-bond donors (Lipinski definition) is 1. The van der Waals surface area contributed by atoms with Gasteiger partial charge in [-0.2, -0.15) is 0 Å². The number of carbonyl (C=O) groups excluding carboxylic acids is 2. The van der Waals surface area contributed by atoms with E-state index in [0.29, 0.717) is 30.2 Å². The molecule has 3 aliphatic rings. The first-order chi connectivity index (χ1) is 26.8. The van der Waals surface area contributed by atoms with Gasteiger partial charge in [-0.15, -0.1) is 5.10 Å². The summed E-state index contributed by atoms with van der Waals surface area (Å²) in [5.74, 6) is 0.361. The van der Waals surface area contributed by atoms with Gasteiger partial charge >= 0.3 is 10.9 Å². The molecule has 3 aromatic carbocycles. The minimum absolute atomic E-state index is 0.0335. The summed E-state index contributed by atoms with van der Waals surface area (Å²) in [6.45, 7) is 0.479. The summed E-state index contributed by atoms with van der Waals surface area (Å²) in [6, 6.07) is 19.6. The molecule has 0 saturated carbocycles. The van der Waals surface area contributed by atoms with Gasteiger partial charge in [0, 0.05) is 23.0 Å². The van der Waals surface area contributed by atoms with Crippen molar-refractivity contribution >= 4 is 32.6 Å². The average molecular weight is 769 g/mol. The number of aromatic amines is 1. The summed E-state index contributed by atoms with van der Waals surface area (Å²) < 4.78 is 54.1. The molecule has 0 bridgehead atoms. The van der Waals surface area contributed by atoms with Crippen LogP contribution in [0.1, 0.15) is 28.6 Å². The van der Waals surface area contributed by atoms with Crippen LogP contribution in [0.2, 0.25) is 0 Å². The van der Waals surface area contributed by atoms with Gasteiger partial charge in [-0.25, -0.2) is 13.1 Å². The topological polar surface area (TPSA) is 211 Å². The Morgan fingerprint density at radius 3 is 2.67 bits per heavy atom. The zero-order valence-corrected chi connectivity index (χ0v) is 29.8. The molecule has 1 fully saturated rings. The van der Waals surface area contributed by atoms with Crippen molar-refractivity contribution in [3.05, 3.63) is 107 Å². The number of H-pyrrole nitrogens is 1. The molecule has 0 unspecified atom stereocenters. The molecule has 6 heterocycles. The third-order valence-electron chi connectivity index (χ3n) is 9.78. The van der Waals surface area contributed by atoms with Crippen LogP contribution in [-0.4, -0.2) is 94.4 Å². The molecule has 0 radical (unpaired) electrons. The predicted octanol–water partition coefficient (Wildman–Crippen LogP) is 1.92. The van der Waals surface area contributed by atoms with E-state index >= 15 is 0 Å². The van der Waals surface area contributed by atoms with Crippen LogP contribution in [-0.2, 0) is 43.7 Å². The number of para-hydroxylation sites is 1. The van der Waals surface area contributed by atoms with Crippen molar-refractivity contribution in [1.82, 2.24) is 34.9 Å². The van der Waals surface area contributed by atoms with E-state index in [4.69, 9.17) is 18.9 Å². The predicted molar refractivity (Wildman–Crippen MR) is 186 cm³/mol. The number of fused-ring (bicyclic) bond motifs is 5. The Hall–Kier alpha value is -6.47. The van der Waals surface area contributed by atoms with Gasteiger partial charge in [-0.3, -0.25) is 14.2 Å². The summed E-state index contributed by atoms with van der Waals surface area (Å²) in [4.78, 5) is 34.6.